The summed E-state index contributed by atoms with van der Waals surface area (Å²) in [7, 11) is 0. The molecular formula is C7H8F3NO4. The fraction of sp³-hybridized carbons (Fsp3) is 0.714. The van der Waals surface area contributed by atoms with Crippen molar-refractivity contribution in [3.8, 4) is 0 Å². The van der Waals surface area contributed by atoms with Crippen LogP contribution in [0.4, 0.5) is 13.2 Å². The second-order valence-corrected chi connectivity index (χ2v) is 2.95. The molecule has 0 spiro atoms. The fourth-order valence-corrected chi connectivity index (χ4v) is 1.16. The molecule has 1 saturated heterocycles. The van der Waals surface area contributed by atoms with Gasteiger partial charge in [0.1, 0.15) is 0 Å². The normalized spacial score (nSPS) is 22.6. The number of ether oxygens (including phenoxy) is 1. The smallest absolute Gasteiger partial charge is 0.471 e. The monoisotopic (exact) mass is 227 g/mol. The molecule has 1 fully saturated rings. The molecule has 0 aromatic heterocycles. The van der Waals surface area contributed by atoms with E-state index in [1.807, 2.05) is 0 Å². The Morgan fingerprint density at radius 1 is 1.40 bits per heavy atom. The molecule has 86 valence electrons. The third-order valence-corrected chi connectivity index (χ3v) is 1.87. The summed E-state index contributed by atoms with van der Waals surface area (Å²) in [6.07, 6.45) is -6.36. The summed E-state index contributed by atoms with van der Waals surface area (Å²) in [5.74, 6) is -3.41. The van der Waals surface area contributed by atoms with Gasteiger partial charge in [-0.1, -0.05) is 0 Å². The van der Waals surface area contributed by atoms with Gasteiger partial charge in [0.15, 0.2) is 6.10 Å². The molecule has 1 atom stereocenters. The number of amides is 1. The highest BCUT2D eigenvalue weighted by Crippen LogP contribution is 2.20. The van der Waals surface area contributed by atoms with Crippen LogP contribution in [0.3, 0.4) is 0 Å². The number of alkyl halides is 3. The van der Waals surface area contributed by atoms with E-state index < -0.39 is 30.7 Å². The molecule has 0 unspecified atom stereocenters. The summed E-state index contributed by atoms with van der Waals surface area (Å²) in [4.78, 5) is 21.6. The fourth-order valence-electron chi connectivity index (χ4n) is 1.16. The summed E-state index contributed by atoms with van der Waals surface area (Å²) >= 11 is 0. The van der Waals surface area contributed by atoms with E-state index in [0.29, 0.717) is 4.90 Å². The molecule has 1 N–H and O–H groups in total. The summed E-state index contributed by atoms with van der Waals surface area (Å²) in [6, 6.07) is 0. The summed E-state index contributed by atoms with van der Waals surface area (Å²) in [6.45, 7) is -1.03. The van der Waals surface area contributed by atoms with Gasteiger partial charge in [0, 0.05) is 6.54 Å². The lowest BCUT2D eigenvalue weighted by Gasteiger charge is -2.31. The highest BCUT2D eigenvalue weighted by atomic mass is 19.4. The van der Waals surface area contributed by atoms with Gasteiger partial charge < -0.3 is 14.7 Å². The van der Waals surface area contributed by atoms with Crippen molar-refractivity contribution in [2.24, 2.45) is 0 Å². The molecule has 1 amide bonds. The molecule has 8 heteroatoms. The number of hydrogen-bond acceptors (Lipinski definition) is 3. The molecule has 1 heterocycles. The van der Waals surface area contributed by atoms with Gasteiger partial charge in [-0.25, -0.2) is 4.79 Å². The van der Waals surface area contributed by atoms with Crippen molar-refractivity contribution in [2.75, 3.05) is 19.7 Å². The quantitative estimate of drug-likeness (QED) is 0.677. The number of carbonyl (C=O) groups excluding carboxylic acids is 1. The molecule has 15 heavy (non-hydrogen) atoms. The molecule has 1 aliphatic rings. The van der Waals surface area contributed by atoms with E-state index in [1.165, 1.54) is 0 Å². The minimum absolute atomic E-state index is 0.210. The molecule has 0 radical (unpaired) electrons. The Morgan fingerprint density at radius 2 is 2.00 bits per heavy atom. The van der Waals surface area contributed by atoms with Crippen LogP contribution in [0.5, 0.6) is 0 Å². The van der Waals surface area contributed by atoms with E-state index in [4.69, 9.17) is 5.11 Å². The Bertz CT molecular complexity index is 278. The van der Waals surface area contributed by atoms with Crippen LogP contribution < -0.4 is 0 Å². The van der Waals surface area contributed by atoms with Crippen molar-refractivity contribution < 1.29 is 32.6 Å². The lowest BCUT2D eigenvalue weighted by Crippen LogP contribution is -2.52. The van der Waals surface area contributed by atoms with Gasteiger partial charge >= 0.3 is 18.1 Å². The maximum Gasteiger partial charge on any atom is 0.471 e. The highest BCUT2D eigenvalue weighted by molar-refractivity contribution is 5.83. The minimum Gasteiger partial charge on any atom is -0.479 e. The predicted octanol–water partition coefficient (Wildman–Crippen LogP) is -0.139. The van der Waals surface area contributed by atoms with Crippen LogP contribution in [-0.4, -0.2) is 53.9 Å². The highest BCUT2D eigenvalue weighted by Gasteiger charge is 2.44. The molecule has 0 bridgehead atoms. The maximum atomic E-state index is 12.0. The SMILES string of the molecule is O=C(O)[C@@H]1CN(C(=O)C(F)(F)F)CCO1. The Balaban J connectivity index is 2.64. The maximum absolute atomic E-state index is 12.0. The zero-order chi connectivity index (χ0) is 11.6. The lowest BCUT2D eigenvalue weighted by atomic mass is 10.2. The Labute approximate surface area is 82.4 Å². The van der Waals surface area contributed by atoms with Crippen LogP contribution in [0.2, 0.25) is 0 Å². The van der Waals surface area contributed by atoms with Crippen LogP contribution >= 0.6 is 0 Å². The first kappa shape index (κ1) is 11.8. The summed E-state index contributed by atoms with van der Waals surface area (Å²) < 4.78 is 40.6. The van der Waals surface area contributed by atoms with Gasteiger partial charge in [0.25, 0.3) is 0 Å². The van der Waals surface area contributed by atoms with E-state index in [1.54, 1.807) is 0 Å². The first-order valence-corrected chi connectivity index (χ1v) is 4.03. The Hall–Kier alpha value is -1.31. The standard InChI is InChI=1S/C7H8F3NO4/c8-7(9,10)6(14)11-1-2-15-4(3-11)5(12)13/h4H,1-3H2,(H,12,13)/t4-/m0/s1. The molecule has 0 aromatic carbocycles. The van der Waals surface area contributed by atoms with Crippen molar-refractivity contribution in [3.05, 3.63) is 0 Å². The number of hydrogen-bond donors (Lipinski definition) is 1. The molecule has 0 aliphatic carbocycles. The Morgan fingerprint density at radius 3 is 2.47 bits per heavy atom. The van der Waals surface area contributed by atoms with Crippen molar-refractivity contribution in [1.82, 2.24) is 4.90 Å². The first-order valence-electron chi connectivity index (χ1n) is 4.03. The third-order valence-electron chi connectivity index (χ3n) is 1.87. The molecule has 1 rings (SSSR count). The van der Waals surface area contributed by atoms with E-state index in [2.05, 4.69) is 4.74 Å². The molecule has 0 aromatic rings. The minimum atomic E-state index is -4.97. The molecule has 5 nitrogen and oxygen atoms in total. The average molecular weight is 227 g/mol. The molecule has 0 saturated carbocycles. The van der Waals surface area contributed by atoms with Gasteiger partial charge in [0.2, 0.25) is 0 Å². The van der Waals surface area contributed by atoms with E-state index in [-0.39, 0.29) is 13.2 Å². The van der Waals surface area contributed by atoms with E-state index in [9.17, 15) is 22.8 Å². The van der Waals surface area contributed by atoms with Crippen LogP contribution in [0.25, 0.3) is 0 Å². The van der Waals surface area contributed by atoms with Crippen LogP contribution in [-0.2, 0) is 14.3 Å². The Kier molecular flexibility index (Phi) is 3.18. The number of rotatable bonds is 1. The van der Waals surface area contributed by atoms with Gasteiger partial charge in [0.05, 0.1) is 13.2 Å². The second-order valence-electron chi connectivity index (χ2n) is 2.95. The third kappa shape index (κ3) is 2.82. The molecular weight excluding hydrogens is 219 g/mol. The number of aliphatic carboxylic acids is 1. The predicted molar refractivity (Wildman–Crippen MR) is 40.0 cm³/mol. The van der Waals surface area contributed by atoms with E-state index in [0.717, 1.165) is 0 Å². The zero-order valence-corrected chi connectivity index (χ0v) is 7.45. The van der Waals surface area contributed by atoms with E-state index >= 15 is 0 Å². The van der Waals surface area contributed by atoms with Crippen LogP contribution in [0, 0.1) is 0 Å². The van der Waals surface area contributed by atoms with Crippen molar-refractivity contribution in [2.45, 2.75) is 12.3 Å². The average Bonchev–Trinajstić information content (AvgIpc) is 2.15. The topological polar surface area (TPSA) is 66.8 Å². The largest absolute Gasteiger partial charge is 0.479 e. The summed E-state index contributed by atoms with van der Waals surface area (Å²) in [5.41, 5.74) is 0. The molecule has 1 aliphatic heterocycles. The first-order chi connectivity index (χ1) is 6.82. The number of halogens is 3. The zero-order valence-electron chi connectivity index (χ0n) is 7.45. The number of nitrogens with zero attached hydrogens (tertiary/aromatic N) is 1. The number of carbonyl (C=O) groups is 2. The lowest BCUT2D eigenvalue weighted by molar-refractivity contribution is -0.192. The van der Waals surface area contributed by atoms with Crippen LogP contribution in [0.1, 0.15) is 0 Å². The van der Waals surface area contributed by atoms with Crippen molar-refractivity contribution in [1.29, 1.82) is 0 Å². The van der Waals surface area contributed by atoms with Crippen LogP contribution in [0.15, 0.2) is 0 Å². The summed E-state index contributed by atoms with van der Waals surface area (Å²) in [5, 5.41) is 8.50. The van der Waals surface area contributed by atoms with Gasteiger partial charge in [-0.15, -0.1) is 0 Å². The van der Waals surface area contributed by atoms with Crippen molar-refractivity contribution in [3.63, 3.8) is 0 Å². The van der Waals surface area contributed by atoms with Gasteiger partial charge in [-0.05, 0) is 0 Å². The van der Waals surface area contributed by atoms with Gasteiger partial charge in [-0.2, -0.15) is 13.2 Å². The second kappa shape index (κ2) is 4.05. The van der Waals surface area contributed by atoms with Crippen molar-refractivity contribution >= 4 is 11.9 Å². The number of carboxylic acid groups (broad SMARTS) is 1. The van der Waals surface area contributed by atoms with Gasteiger partial charge in [-0.3, -0.25) is 4.79 Å². The number of carboxylic acids is 1. The number of morpholine rings is 1.